The van der Waals surface area contributed by atoms with Crippen molar-refractivity contribution in [1.29, 1.82) is 5.26 Å². The molecule has 2 amide bonds. The molecule has 0 bridgehead atoms. The minimum Gasteiger partial charge on any atom is -0.447 e. The minimum absolute atomic E-state index is 0.00896. The third-order valence-electron chi connectivity index (χ3n) is 6.85. The number of benzene rings is 2. The fourth-order valence-electron chi connectivity index (χ4n) is 4.89. The van der Waals surface area contributed by atoms with Crippen molar-refractivity contribution in [1.82, 2.24) is 9.47 Å². The molecule has 36 heavy (non-hydrogen) atoms. The summed E-state index contributed by atoms with van der Waals surface area (Å²) >= 11 is 0. The third kappa shape index (κ3) is 4.54. The molecular formula is C28H30N4O4. The Morgan fingerprint density at radius 1 is 1.11 bits per heavy atom. The van der Waals surface area contributed by atoms with Crippen LogP contribution in [0.25, 0.3) is 22.2 Å². The van der Waals surface area contributed by atoms with Gasteiger partial charge in [-0.3, -0.25) is 10.1 Å². The maximum Gasteiger partial charge on any atom is 0.411 e. The van der Waals surface area contributed by atoms with Gasteiger partial charge in [0, 0.05) is 35.8 Å². The molecule has 1 N–H and O–H groups in total. The molecule has 0 atom stereocenters. The average molecular weight is 487 g/mol. The van der Waals surface area contributed by atoms with Crippen molar-refractivity contribution in [2.45, 2.75) is 45.3 Å². The number of hydrogen-bond donors (Lipinski definition) is 1. The molecular weight excluding hydrogens is 456 g/mol. The van der Waals surface area contributed by atoms with Crippen LogP contribution in [-0.4, -0.2) is 53.9 Å². The van der Waals surface area contributed by atoms with Crippen molar-refractivity contribution in [3.8, 4) is 17.3 Å². The molecule has 3 aromatic rings. The van der Waals surface area contributed by atoms with Gasteiger partial charge in [-0.25, -0.2) is 4.79 Å². The zero-order valence-corrected chi connectivity index (χ0v) is 20.6. The van der Waals surface area contributed by atoms with E-state index < -0.39 is 6.09 Å². The first kappa shape index (κ1) is 23.9. The smallest absolute Gasteiger partial charge is 0.411 e. The highest BCUT2D eigenvalue weighted by atomic mass is 16.6. The van der Waals surface area contributed by atoms with Crippen molar-refractivity contribution in [3.63, 3.8) is 0 Å². The molecule has 8 nitrogen and oxygen atoms in total. The van der Waals surface area contributed by atoms with E-state index in [2.05, 4.69) is 16.0 Å². The molecule has 0 spiro atoms. The maximum atomic E-state index is 13.2. The van der Waals surface area contributed by atoms with E-state index in [-0.39, 0.29) is 18.1 Å². The van der Waals surface area contributed by atoms with E-state index in [4.69, 9.17) is 9.47 Å². The number of fused-ring (bicyclic) bond motifs is 1. The SMILES string of the molecule is CC(C)OC(=O)Nc1ccc(-c2c(C#N)c3ccc(C(=O)N4CCOCC4)cc3n2C2CCC2)cc1. The Labute approximate surface area is 210 Å². The first-order valence-electron chi connectivity index (χ1n) is 12.5. The average Bonchev–Trinajstić information content (AvgIpc) is 3.16. The number of carbonyl (C=O) groups excluding carboxylic acids is 2. The number of anilines is 1. The second kappa shape index (κ2) is 10.0. The Bertz CT molecular complexity index is 1330. The lowest BCUT2D eigenvalue weighted by Crippen LogP contribution is -2.40. The van der Waals surface area contributed by atoms with Crippen LogP contribution in [0, 0.1) is 11.3 Å². The van der Waals surface area contributed by atoms with Crippen LogP contribution in [0.1, 0.15) is 55.1 Å². The molecule has 1 aliphatic heterocycles. The standard InChI is InChI=1S/C28H30N4O4/c1-18(2)36-28(34)30-21-9-6-19(7-10-21)26-24(17-29)23-11-8-20(27(33)31-12-14-35-15-13-31)16-25(23)32(26)22-4-3-5-22/h6-11,16,18,22H,3-5,12-15H2,1-2H3,(H,30,34). The van der Waals surface area contributed by atoms with E-state index in [0.717, 1.165) is 41.4 Å². The summed E-state index contributed by atoms with van der Waals surface area (Å²) in [5, 5.41) is 13.8. The zero-order chi connectivity index (χ0) is 25.2. The van der Waals surface area contributed by atoms with E-state index in [0.29, 0.717) is 43.1 Å². The van der Waals surface area contributed by atoms with Crippen LogP contribution in [0.5, 0.6) is 0 Å². The number of nitrogens with one attached hydrogen (secondary N) is 1. The molecule has 0 unspecified atom stereocenters. The van der Waals surface area contributed by atoms with Crippen LogP contribution in [0.4, 0.5) is 10.5 Å². The van der Waals surface area contributed by atoms with Crippen molar-refractivity contribution in [2.75, 3.05) is 31.6 Å². The zero-order valence-electron chi connectivity index (χ0n) is 20.6. The number of rotatable bonds is 5. The molecule has 1 saturated carbocycles. The molecule has 2 aromatic carbocycles. The van der Waals surface area contributed by atoms with Gasteiger partial charge in [-0.05, 0) is 62.9 Å². The number of aromatic nitrogens is 1. The quantitative estimate of drug-likeness (QED) is 0.525. The number of morpholine rings is 1. The van der Waals surface area contributed by atoms with E-state index in [9.17, 15) is 14.9 Å². The van der Waals surface area contributed by atoms with Gasteiger partial charge in [0.05, 0.1) is 36.1 Å². The molecule has 1 aromatic heterocycles. The third-order valence-corrected chi connectivity index (χ3v) is 6.85. The van der Waals surface area contributed by atoms with Crippen molar-refractivity contribution < 1.29 is 19.1 Å². The second-order valence-corrected chi connectivity index (χ2v) is 9.58. The molecule has 1 aliphatic carbocycles. The van der Waals surface area contributed by atoms with Gasteiger partial charge in [0.2, 0.25) is 0 Å². The highest BCUT2D eigenvalue weighted by molar-refractivity contribution is 6.01. The van der Waals surface area contributed by atoms with E-state index in [1.165, 1.54) is 0 Å². The Hall–Kier alpha value is -3.83. The highest BCUT2D eigenvalue weighted by Crippen LogP contribution is 2.43. The van der Waals surface area contributed by atoms with E-state index in [1.54, 1.807) is 13.8 Å². The summed E-state index contributed by atoms with van der Waals surface area (Å²) in [4.78, 5) is 27.0. The van der Waals surface area contributed by atoms with E-state index in [1.807, 2.05) is 47.4 Å². The number of hydrogen-bond acceptors (Lipinski definition) is 5. The molecule has 1 saturated heterocycles. The fourth-order valence-corrected chi connectivity index (χ4v) is 4.89. The van der Waals surface area contributed by atoms with Crippen LogP contribution in [0.15, 0.2) is 42.5 Å². The Kier molecular flexibility index (Phi) is 6.66. The van der Waals surface area contributed by atoms with Crippen molar-refractivity contribution >= 4 is 28.6 Å². The summed E-state index contributed by atoms with van der Waals surface area (Å²) in [5.41, 5.74) is 4.49. The first-order valence-corrected chi connectivity index (χ1v) is 12.5. The predicted molar refractivity (Wildman–Crippen MR) is 137 cm³/mol. The lowest BCUT2D eigenvalue weighted by molar-refractivity contribution is 0.0303. The van der Waals surface area contributed by atoms with Gasteiger partial charge >= 0.3 is 6.09 Å². The van der Waals surface area contributed by atoms with Gasteiger partial charge in [-0.15, -0.1) is 0 Å². The number of carbonyl (C=O) groups is 2. The lowest BCUT2D eigenvalue weighted by atomic mass is 9.92. The normalized spacial score (nSPS) is 16.0. The monoisotopic (exact) mass is 486 g/mol. The molecule has 8 heteroatoms. The topological polar surface area (TPSA) is 96.6 Å². The number of ether oxygens (including phenoxy) is 2. The minimum atomic E-state index is -0.503. The van der Waals surface area contributed by atoms with Crippen LogP contribution in [0.3, 0.4) is 0 Å². The first-order chi connectivity index (χ1) is 17.5. The predicted octanol–water partition coefficient (Wildman–Crippen LogP) is 5.33. The van der Waals surface area contributed by atoms with Crippen molar-refractivity contribution in [2.24, 2.45) is 0 Å². The summed E-state index contributed by atoms with van der Waals surface area (Å²) in [6.07, 6.45) is 2.49. The summed E-state index contributed by atoms with van der Waals surface area (Å²) < 4.78 is 12.8. The van der Waals surface area contributed by atoms with Crippen LogP contribution in [0.2, 0.25) is 0 Å². The second-order valence-electron chi connectivity index (χ2n) is 9.58. The van der Waals surface area contributed by atoms with Gasteiger partial charge in [0.25, 0.3) is 5.91 Å². The van der Waals surface area contributed by atoms with Gasteiger partial charge in [-0.1, -0.05) is 18.2 Å². The van der Waals surface area contributed by atoms with Crippen molar-refractivity contribution in [3.05, 3.63) is 53.6 Å². The largest absolute Gasteiger partial charge is 0.447 e. The molecule has 2 heterocycles. The van der Waals surface area contributed by atoms with Crippen LogP contribution >= 0.6 is 0 Å². The fraction of sp³-hybridized carbons (Fsp3) is 0.393. The van der Waals surface area contributed by atoms with Gasteiger partial charge in [0.15, 0.2) is 0 Å². The number of nitriles is 1. The van der Waals surface area contributed by atoms with E-state index >= 15 is 0 Å². The van der Waals surface area contributed by atoms with Gasteiger partial charge < -0.3 is 18.9 Å². The Morgan fingerprint density at radius 2 is 1.83 bits per heavy atom. The lowest BCUT2D eigenvalue weighted by Gasteiger charge is -2.30. The number of nitrogens with zero attached hydrogens (tertiary/aromatic N) is 3. The maximum absolute atomic E-state index is 13.2. The summed E-state index contributed by atoms with van der Waals surface area (Å²) in [5.74, 6) is -0.00896. The Morgan fingerprint density at radius 3 is 2.44 bits per heavy atom. The van der Waals surface area contributed by atoms with Gasteiger partial charge in [0.1, 0.15) is 6.07 Å². The molecule has 2 fully saturated rings. The summed E-state index contributed by atoms with van der Waals surface area (Å²) in [6, 6.07) is 15.8. The Balaban J connectivity index is 1.55. The van der Waals surface area contributed by atoms with Crippen LogP contribution < -0.4 is 5.32 Å². The molecule has 2 aliphatic rings. The summed E-state index contributed by atoms with van der Waals surface area (Å²) in [7, 11) is 0. The number of amides is 2. The molecule has 186 valence electrons. The molecule has 5 rings (SSSR count). The van der Waals surface area contributed by atoms with Gasteiger partial charge in [-0.2, -0.15) is 5.26 Å². The van der Waals surface area contributed by atoms with Crippen LogP contribution in [-0.2, 0) is 9.47 Å². The highest BCUT2D eigenvalue weighted by Gasteiger charge is 2.29. The molecule has 0 radical (unpaired) electrons. The summed E-state index contributed by atoms with van der Waals surface area (Å²) in [6.45, 7) is 5.86.